The van der Waals surface area contributed by atoms with Crippen molar-refractivity contribution >= 4 is 38.9 Å². The number of nitrogens with one attached hydrogen (secondary N) is 1. The first-order valence-electron chi connectivity index (χ1n) is 5.78. The molecule has 0 aromatic carbocycles. The monoisotopic (exact) mass is 323 g/mol. The van der Waals surface area contributed by atoms with Crippen LogP contribution in [0.4, 0.5) is 0 Å². The Morgan fingerprint density at radius 3 is 2.95 bits per heavy atom. The van der Waals surface area contributed by atoms with Gasteiger partial charge in [0, 0.05) is 26.1 Å². The van der Waals surface area contributed by atoms with Gasteiger partial charge in [-0.2, -0.15) is 4.31 Å². The number of hydrogen-bond acceptors (Lipinski definition) is 5. The van der Waals surface area contributed by atoms with Crippen molar-refractivity contribution in [2.45, 2.75) is 30.0 Å². The lowest BCUT2D eigenvalue weighted by Crippen LogP contribution is -2.48. The highest BCUT2D eigenvalue weighted by molar-refractivity contribution is 7.91. The Hall–Kier alpha value is -0.700. The van der Waals surface area contributed by atoms with E-state index in [1.807, 2.05) is 0 Å². The lowest BCUT2D eigenvalue weighted by Gasteiger charge is -2.31. The Morgan fingerprint density at radius 2 is 2.37 bits per heavy atom. The van der Waals surface area contributed by atoms with Gasteiger partial charge in [0.1, 0.15) is 0 Å². The average Bonchev–Trinajstić information content (AvgIpc) is 2.76. The van der Waals surface area contributed by atoms with E-state index in [0.717, 1.165) is 24.2 Å². The third-order valence-corrected chi connectivity index (χ3v) is 6.26. The predicted molar refractivity (Wildman–Crippen MR) is 72.7 cm³/mol. The molecule has 1 aliphatic rings. The first-order valence-corrected chi connectivity index (χ1v) is 8.41. The van der Waals surface area contributed by atoms with Crippen LogP contribution in [0.1, 0.15) is 19.8 Å². The van der Waals surface area contributed by atoms with Gasteiger partial charge in [-0.25, -0.2) is 13.4 Å². The average molecular weight is 324 g/mol. The molecule has 9 heteroatoms. The van der Waals surface area contributed by atoms with Crippen molar-refractivity contribution in [1.82, 2.24) is 14.6 Å². The smallest absolute Gasteiger partial charge is 0.254 e. The number of rotatable bonds is 3. The number of carbonyl (C=O) groups is 1. The molecule has 2 rings (SSSR count). The fraction of sp³-hybridized carbons (Fsp3) is 0.600. The molecule has 19 heavy (non-hydrogen) atoms. The number of piperidine rings is 1. The van der Waals surface area contributed by atoms with Crippen LogP contribution in [0.2, 0.25) is 4.47 Å². The molecule has 1 aliphatic heterocycles. The van der Waals surface area contributed by atoms with E-state index in [0.29, 0.717) is 6.54 Å². The summed E-state index contributed by atoms with van der Waals surface area (Å²) >= 11 is 6.61. The van der Waals surface area contributed by atoms with Crippen LogP contribution in [0, 0.1) is 0 Å². The summed E-state index contributed by atoms with van der Waals surface area (Å²) in [6.07, 6.45) is 2.77. The van der Waals surface area contributed by atoms with Crippen LogP contribution >= 0.6 is 22.9 Å². The minimum atomic E-state index is -3.56. The van der Waals surface area contributed by atoms with Crippen LogP contribution in [0.5, 0.6) is 0 Å². The van der Waals surface area contributed by atoms with E-state index < -0.39 is 10.0 Å². The maximum absolute atomic E-state index is 12.4. The van der Waals surface area contributed by atoms with E-state index in [9.17, 15) is 13.2 Å². The Labute approximate surface area is 120 Å². The summed E-state index contributed by atoms with van der Waals surface area (Å²) in [4.78, 5) is 14.8. The van der Waals surface area contributed by atoms with Crippen molar-refractivity contribution in [1.29, 1.82) is 0 Å². The van der Waals surface area contributed by atoms with Gasteiger partial charge in [-0.1, -0.05) is 22.9 Å². The van der Waals surface area contributed by atoms with Gasteiger partial charge in [0.25, 0.3) is 10.0 Å². The van der Waals surface area contributed by atoms with E-state index in [1.54, 1.807) is 0 Å². The van der Waals surface area contributed by atoms with Crippen LogP contribution in [0.3, 0.4) is 0 Å². The highest BCUT2D eigenvalue weighted by Crippen LogP contribution is 2.27. The van der Waals surface area contributed by atoms with Gasteiger partial charge in [0.05, 0.1) is 6.20 Å². The number of sulfonamides is 1. The Morgan fingerprint density at radius 1 is 1.63 bits per heavy atom. The fourth-order valence-electron chi connectivity index (χ4n) is 2.05. The van der Waals surface area contributed by atoms with Crippen LogP contribution in [0.25, 0.3) is 0 Å². The van der Waals surface area contributed by atoms with Gasteiger partial charge in [0.15, 0.2) is 8.68 Å². The van der Waals surface area contributed by atoms with Crippen LogP contribution < -0.4 is 5.32 Å². The number of amides is 1. The minimum Gasteiger partial charge on any atom is -0.352 e. The molecular formula is C10H14ClN3O3S2. The number of hydrogen-bond donors (Lipinski definition) is 1. The van der Waals surface area contributed by atoms with Crippen molar-refractivity contribution in [3.8, 4) is 0 Å². The molecule has 1 atom stereocenters. The molecule has 1 aromatic heterocycles. The molecule has 1 fully saturated rings. The summed E-state index contributed by atoms with van der Waals surface area (Å²) in [7, 11) is -3.56. The lowest BCUT2D eigenvalue weighted by atomic mass is 10.1. The topological polar surface area (TPSA) is 79.4 Å². The summed E-state index contributed by atoms with van der Waals surface area (Å²) in [5, 5.41) is 2.76. The molecule has 6 nitrogen and oxygen atoms in total. The summed E-state index contributed by atoms with van der Waals surface area (Å²) in [6, 6.07) is -0.135. The largest absolute Gasteiger partial charge is 0.352 e. The van der Waals surface area contributed by atoms with Crippen molar-refractivity contribution in [2.75, 3.05) is 13.1 Å². The van der Waals surface area contributed by atoms with E-state index >= 15 is 0 Å². The second kappa shape index (κ2) is 5.74. The highest BCUT2D eigenvalue weighted by Gasteiger charge is 2.31. The Kier molecular flexibility index (Phi) is 4.44. The van der Waals surface area contributed by atoms with E-state index in [1.165, 1.54) is 17.4 Å². The van der Waals surface area contributed by atoms with E-state index in [2.05, 4.69) is 10.3 Å². The minimum absolute atomic E-state index is 0.135. The molecule has 0 saturated carbocycles. The molecule has 1 unspecified atom stereocenters. The van der Waals surface area contributed by atoms with Gasteiger partial charge in [-0.3, -0.25) is 4.79 Å². The number of aromatic nitrogens is 1. The van der Waals surface area contributed by atoms with Crippen LogP contribution in [0.15, 0.2) is 10.4 Å². The maximum atomic E-state index is 12.4. The molecule has 1 amide bonds. The molecule has 2 heterocycles. The second-order valence-corrected chi connectivity index (χ2v) is 8.11. The Bertz CT molecular complexity index is 572. The van der Waals surface area contributed by atoms with E-state index in [-0.39, 0.29) is 27.2 Å². The van der Waals surface area contributed by atoms with Crippen LogP contribution in [-0.4, -0.2) is 42.7 Å². The predicted octanol–water partition coefficient (Wildman–Crippen LogP) is 1.09. The first-order chi connectivity index (χ1) is 8.89. The quantitative estimate of drug-likeness (QED) is 0.903. The molecule has 1 aromatic rings. The van der Waals surface area contributed by atoms with Crippen molar-refractivity contribution in [2.24, 2.45) is 0 Å². The standard InChI is InChI=1S/C10H14ClN3O3S2/c1-7(15)13-8-3-2-4-14(6-8)19(16,17)9-5-12-10(11)18-9/h5,8H,2-4,6H2,1H3,(H,13,15). The molecular weight excluding hydrogens is 310 g/mol. The Balaban J connectivity index is 2.14. The van der Waals surface area contributed by atoms with Crippen molar-refractivity contribution in [3.63, 3.8) is 0 Å². The third-order valence-electron chi connectivity index (χ3n) is 2.84. The molecule has 0 bridgehead atoms. The third kappa shape index (κ3) is 3.44. The highest BCUT2D eigenvalue weighted by atomic mass is 35.5. The molecule has 1 N–H and O–H groups in total. The van der Waals surface area contributed by atoms with Crippen molar-refractivity contribution < 1.29 is 13.2 Å². The molecule has 106 valence electrons. The number of carbonyl (C=O) groups excluding carboxylic acids is 1. The van der Waals surface area contributed by atoms with Gasteiger partial charge >= 0.3 is 0 Å². The second-order valence-electron chi connectivity index (χ2n) is 4.33. The van der Waals surface area contributed by atoms with Crippen molar-refractivity contribution in [3.05, 3.63) is 10.7 Å². The molecule has 1 saturated heterocycles. The summed E-state index contributed by atoms with van der Waals surface area (Å²) in [5.74, 6) is -0.148. The van der Waals surface area contributed by atoms with Gasteiger partial charge in [0.2, 0.25) is 5.91 Å². The maximum Gasteiger partial charge on any atom is 0.254 e. The van der Waals surface area contributed by atoms with E-state index in [4.69, 9.17) is 11.6 Å². The zero-order chi connectivity index (χ0) is 14.0. The SMILES string of the molecule is CC(=O)NC1CCCN(S(=O)(=O)c2cnc(Cl)s2)C1. The fourth-order valence-corrected chi connectivity index (χ4v) is 5.02. The zero-order valence-corrected chi connectivity index (χ0v) is 12.7. The molecule has 0 aliphatic carbocycles. The summed E-state index contributed by atoms with van der Waals surface area (Å²) in [6.45, 7) is 2.17. The molecule has 0 radical (unpaired) electrons. The molecule has 0 spiro atoms. The zero-order valence-electron chi connectivity index (χ0n) is 10.3. The van der Waals surface area contributed by atoms with Crippen LogP contribution in [-0.2, 0) is 14.8 Å². The first kappa shape index (κ1) is 14.7. The lowest BCUT2D eigenvalue weighted by molar-refractivity contribution is -0.119. The number of halogens is 1. The summed E-state index contributed by atoms with van der Waals surface area (Å²) < 4.78 is 26.4. The van der Waals surface area contributed by atoms with Gasteiger partial charge < -0.3 is 5.32 Å². The van der Waals surface area contributed by atoms with Gasteiger partial charge in [-0.15, -0.1) is 0 Å². The number of nitrogens with zero attached hydrogens (tertiary/aromatic N) is 2. The number of thiazole rings is 1. The summed E-state index contributed by atoms with van der Waals surface area (Å²) in [5.41, 5.74) is 0. The normalized spacial score (nSPS) is 21.3. The van der Waals surface area contributed by atoms with Gasteiger partial charge in [-0.05, 0) is 12.8 Å².